The Bertz CT molecular complexity index is 397. The van der Waals surface area contributed by atoms with Crippen LogP contribution in [-0.4, -0.2) is 24.4 Å². The average Bonchev–Trinajstić information content (AvgIpc) is 2.20. The van der Waals surface area contributed by atoms with Gasteiger partial charge < -0.3 is 21.3 Å². The van der Waals surface area contributed by atoms with Gasteiger partial charge in [0.25, 0.3) is 0 Å². The molecule has 0 bridgehead atoms. The lowest BCUT2D eigenvalue weighted by Gasteiger charge is -2.04. The summed E-state index contributed by atoms with van der Waals surface area (Å²) in [4.78, 5) is 0. The van der Waals surface area contributed by atoms with Gasteiger partial charge in [0, 0.05) is 5.56 Å². The molecule has 0 fully saturated rings. The lowest BCUT2D eigenvalue weighted by atomic mass is 10.2. The quantitative estimate of drug-likeness (QED) is 0.369. The zero-order chi connectivity index (χ0) is 11.3. The SMILES string of the molecule is COc1cccc(/C=N/N=C(N)N)c1O. The van der Waals surface area contributed by atoms with Crippen molar-refractivity contribution in [2.75, 3.05) is 7.11 Å². The third-order valence-corrected chi connectivity index (χ3v) is 1.62. The number of guanidine groups is 1. The molecule has 0 aliphatic heterocycles. The molecule has 6 nitrogen and oxygen atoms in total. The monoisotopic (exact) mass is 208 g/mol. The van der Waals surface area contributed by atoms with Crippen LogP contribution in [0.1, 0.15) is 5.56 Å². The lowest BCUT2D eigenvalue weighted by Crippen LogP contribution is -2.21. The normalized spacial score (nSPS) is 10.2. The Morgan fingerprint density at radius 2 is 2.20 bits per heavy atom. The van der Waals surface area contributed by atoms with Gasteiger partial charge in [-0.2, -0.15) is 5.10 Å². The van der Waals surface area contributed by atoms with E-state index in [-0.39, 0.29) is 11.7 Å². The number of phenolic OH excluding ortho intramolecular Hbond substituents is 1. The van der Waals surface area contributed by atoms with E-state index < -0.39 is 0 Å². The Morgan fingerprint density at radius 3 is 2.80 bits per heavy atom. The van der Waals surface area contributed by atoms with Gasteiger partial charge in [0.15, 0.2) is 11.5 Å². The van der Waals surface area contributed by atoms with E-state index in [9.17, 15) is 5.11 Å². The van der Waals surface area contributed by atoms with Gasteiger partial charge in [-0.15, -0.1) is 5.10 Å². The van der Waals surface area contributed by atoms with Gasteiger partial charge in [-0.05, 0) is 12.1 Å². The van der Waals surface area contributed by atoms with Crippen LogP contribution in [0.4, 0.5) is 0 Å². The van der Waals surface area contributed by atoms with Crippen molar-refractivity contribution in [1.82, 2.24) is 0 Å². The minimum absolute atomic E-state index is 0.00505. The number of phenols is 1. The van der Waals surface area contributed by atoms with Crippen molar-refractivity contribution in [3.63, 3.8) is 0 Å². The van der Waals surface area contributed by atoms with E-state index >= 15 is 0 Å². The van der Waals surface area contributed by atoms with Crippen LogP contribution in [0.25, 0.3) is 0 Å². The molecular weight excluding hydrogens is 196 g/mol. The predicted molar refractivity (Wildman–Crippen MR) is 58.1 cm³/mol. The Kier molecular flexibility index (Phi) is 3.50. The highest BCUT2D eigenvalue weighted by Crippen LogP contribution is 2.27. The van der Waals surface area contributed by atoms with Crippen LogP contribution < -0.4 is 16.2 Å². The zero-order valence-electron chi connectivity index (χ0n) is 8.21. The van der Waals surface area contributed by atoms with Crippen LogP contribution in [0.2, 0.25) is 0 Å². The molecule has 0 amide bonds. The van der Waals surface area contributed by atoms with Crippen molar-refractivity contribution in [3.05, 3.63) is 23.8 Å². The minimum atomic E-state index is -0.145. The Labute approximate surface area is 86.9 Å². The first kappa shape index (κ1) is 10.8. The van der Waals surface area contributed by atoms with Gasteiger partial charge in [-0.25, -0.2) is 0 Å². The summed E-state index contributed by atoms with van der Waals surface area (Å²) >= 11 is 0. The summed E-state index contributed by atoms with van der Waals surface area (Å²) in [6.45, 7) is 0. The number of aromatic hydroxyl groups is 1. The molecule has 0 unspecified atom stereocenters. The zero-order valence-corrected chi connectivity index (χ0v) is 8.21. The van der Waals surface area contributed by atoms with Crippen molar-refractivity contribution < 1.29 is 9.84 Å². The molecule has 0 radical (unpaired) electrons. The topological polar surface area (TPSA) is 106 Å². The summed E-state index contributed by atoms with van der Waals surface area (Å²) in [6, 6.07) is 5.01. The first-order valence-corrected chi connectivity index (χ1v) is 4.13. The molecule has 0 aliphatic carbocycles. The molecule has 6 heteroatoms. The Balaban J connectivity index is 2.95. The second-order valence-corrected chi connectivity index (χ2v) is 2.67. The molecule has 0 saturated heterocycles. The maximum Gasteiger partial charge on any atom is 0.211 e. The fraction of sp³-hybridized carbons (Fsp3) is 0.111. The highest BCUT2D eigenvalue weighted by molar-refractivity contribution is 5.85. The van der Waals surface area contributed by atoms with Crippen molar-refractivity contribution >= 4 is 12.2 Å². The van der Waals surface area contributed by atoms with Crippen LogP contribution in [0.3, 0.4) is 0 Å². The predicted octanol–water partition coefficient (Wildman–Crippen LogP) is 0.00810. The number of benzene rings is 1. The summed E-state index contributed by atoms with van der Waals surface area (Å²) in [7, 11) is 1.46. The summed E-state index contributed by atoms with van der Waals surface area (Å²) in [6.07, 6.45) is 1.33. The highest BCUT2D eigenvalue weighted by atomic mass is 16.5. The number of hydrogen-bond donors (Lipinski definition) is 3. The fourth-order valence-electron chi connectivity index (χ4n) is 0.966. The van der Waals surface area contributed by atoms with Gasteiger partial charge in [0.2, 0.25) is 5.96 Å². The van der Waals surface area contributed by atoms with Gasteiger partial charge >= 0.3 is 0 Å². The average molecular weight is 208 g/mol. The molecule has 80 valence electrons. The molecule has 0 heterocycles. The molecule has 1 aromatic carbocycles. The van der Waals surface area contributed by atoms with E-state index in [0.717, 1.165) is 0 Å². The van der Waals surface area contributed by atoms with Crippen molar-refractivity contribution in [1.29, 1.82) is 0 Å². The molecule has 0 aliphatic rings. The number of methoxy groups -OCH3 is 1. The summed E-state index contributed by atoms with van der Waals surface area (Å²) in [5.74, 6) is 0.215. The smallest absolute Gasteiger partial charge is 0.211 e. The van der Waals surface area contributed by atoms with E-state index in [1.165, 1.54) is 13.3 Å². The maximum absolute atomic E-state index is 9.63. The maximum atomic E-state index is 9.63. The van der Waals surface area contributed by atoms with Gasteiger partial charge in [-0.1, -0.05) is 6.07 Å². The molecule has 0 saturated carbocycles. The molecule has 1 aromatic rings. The number of rotatable bonds is 3. The van der Waals surface area contributed by atoms with Gasteiger partial charge in [0.1, 0.15) is 0 Å². The van der Waals surface area contributed by atoms with Crippen LogP contribution in [0.5, 0.6) is 11.5 Å². The second-order valence-electron chi connectivity index (χ2n) is 2.67. The third kappa shape index (κ3) is 2.87. The Morgan fingerprint density at radius 1 is 1.47 bits per heavy atom. The van der Waals surface area contributed by atoms with Crippen LogP contribution in [-0.2, 0) is 0 Å². The lowest BCUT2D eigenvalue weighted by molar-refractivity contribution is 0.373. The molecule has 15 heavy (non-hydrogen) atoms. The van der Waals surface area contributed by atoms with E-state index in [0.29, 0.717) is 11.3 Å². The van der Waals surface area contributed by atoms with Crippen LogP contribution >= 0.6 is 0 Å². The summed E-state index contributed by atoms with van der Waals surface area (Å²) in [5, 5.41) is 16.6. The number of hydrogen-bond acceptors (Lipinski definition) is 4. The second kappa shape index (κ2) is 4.85. The first-order valence-electron chi connectivity index (χ1n) is 4.13. The molecule has 0 atom stereocenters. The van der Waals surface area contributed by atoms with E-state index in [1.54, 1.807) is 18.2 Å². The van der Waals surface area contributed by atoms with Crippen LogP contribution in [0.15, 0.2) is 28.4 Å². The highest BCUT2D eigenvalue weighted by Gasteiger charge is 2.04. The van der Waals surface area contributed by atoms with E-state index in [4.69, 9.17) is 16.2 Å². The summed E-state index contributed by atoms with van der Waals surface area (Å²) < 4.78 is 4.92. The Hall–Kier alpha value is -2.24. The first-order chi connectivity index (χ1) is 7.15. The van der Waals surface area contributed by atoms with Gasteiger partial charge in [-0.3, -0.25) is 0 Å². The molecule has 0 aromatic heterocycles. The standard InChI is InChI=1S/C9H12N4O2/c1-15-7-4-2-3-6(8(7)14)5-12-13-9(10)11/h2-5,14H,1H3,(H4,10,11,13)/b12-5+. The van der Waals surface area contributed by atoms with E-state index in [1.807, 2.05) is 0 Å². The van der Waals surface area contributed by atoms with E-state index in [2.05, 4.69) is 10.2 Å². The number of ether oxygens (including phenoxy) is 1. The number of nitrogens with zero attached hydrogens (tertiary/aromatic N) is 2. The fourth-order valence-corrected chi connectivity index (χ4v) is 0.966. The van der Waals surface area contributed by atoms with Crippen LogP contribution in [0, 0.1) is 0 Å². The summed E-state index contributed by atoms with van der Waals surface area (Å²) in [5.41, 5.74) is 10.6. The molecule has 0 spiro atoms. The van der Waals surface area contributed by atoms with Gasteiger partial charge in [0.05, 0.1) is 13.3 Å². The largest absolute Gasteiger partial charge is 0.504 e. The minimum Gasteiger partial charge on any atom is -0.504 e. The number of para-hydroxylation sites is 1. The van der Waals surface area contributed by atoms with Crippen molar-refractivity contribution in [2.24, 2.45) is 21.7 Å². The molecular formula is C9H12N4O2. The van der Waals surface area contributed by atoms with Crippen molar-refractivity contribution in [2.45, 2.75) is 0 Å². The molecule has 5 N–H and O–H groups in total. The third-order valence-electron chi connectivity index (χ3n) is 1.62. The number of nitrogens with two attached hydrogens (primary N) is 2. The van der Waals surface area contributed by atoms with Crippen molar-refractivity contribution in [3.8, 4) is 11.5 Å². The molecule has 1 rings (SSSR count).